The normalized spacial score (nSPS) is 20.9. The summed E-state index contributed by atoms with van der Waals surface area (Å²) in [5.74, 6) is -1.30. The monoisotopic (exact) mass is 305 g/mol. The van der Waals surface area contributed by atoms with Gasteiger partial charge in [-0.1, -0.05) is 0 Å². The van der Waals surface area contributed by atoms with Crippen LogP contribution in [0.15, 0.2) is 10.7 Å². The van der Waals surface area contributed by atoms with Crippen LogP contribution in [0, 0.1) is 5.92 Å². The molecule has 0 spiro atoms. The standard InChI is InChI=1S/C14H22F3N3O/c1-13(2,3)18-7-11-9-21-12(19-11)20-6-4-5-10(8-20)14(15,16)17/h9-10,18H,4-8H2,1-3H3. The fourth-order valence-electron chi connectivity index (χ4n) is 2.30. The molecule has 0 aliphatic carbocycles. The van der Waals surface area contributed by atoms with Crippen LogP contribution in [0.4, 0.5) is 19.2 Å². The van der Waals surface area contributed by atoms with E-state index in [0.717, 1.165) is 0 Å². The van der Waals surface area contributed by atoms with E-state index in [2.05, 4.69) is 10.3 Å². The molecule has 1 N–H and O–H groups in total. The maximum Gasteiger partial charge on any atom is 0.393 e. The third kappa shape index (κ3) is 4.62. The van der Waals surface area contributed by atoms with Crippen molar-refractivity contribution >= 4 is 6.01 Å². The first-order chi connectivity index (χ1) is 9.65. The van der Waals surface area contributed by atoms with Gasteiger partial charge in [0.25, 0.3) is 6.01 Å². The average Bonchev–Trinajstić information content (AvgIpc) is 2.83. The number of alkyl halides is 3. The van der Waals surface area contributed by atoms with Gasteiger partial charge >= 0.3 is 6.18 Å². The topological polar surface area (TPSA) is 41.3 Å². The van der Waals surface area contributed by atoms with Crippen LogP contribution in [0.25, 0.3) is 0 Å². The van der Waals surface area contributed by atoms with Gasteiger partial charge in [-0.05, 0) is 33.6 Å². The number of rotatable bonds is 3. The number of nitrogens with one attached hydrogen (secondary N) is 1. The number of hydrogen-bond acceptors (Lipinski definition) is 4. The third-order valence-corrected chi connectivity index (χ3v) is 3.49. The first-order valence-electron chi connectivity index (χ1n) is 7.16. The molecular weight excluding hydrogens is 283 g/mol. The molecule has 0 amide bonds. The Kier molecular flexibility index (Phi) is 4.51. The van der Waals surface area contributed by atoms with Crippen LogP contribution in [0.5, 0.6) is 0 Å². The molecule has 0 saturated carbocycles. The zero-order chi connectivity index (χ0) is 15.7. The zero-order valence-electron chi connectivity index (χ0n) is 12.6. The minimum atomic E-state index is -4.15. The number of oxazole rings is 1. The number of anilines is 1. The van der Waals surface area contributed by atoms with Gasteiger partial charge in [0, 0.05) is 25.2 Å². The summed E-state index contributed by atoms with van der Waals surface area (Å²) in [5.41, 5.74) is 0.653. The maximum atomic E-state index is 12.8. The van der Waals surface area contributed by atoms with Crippen molar-refractivity contribution < 1.29 is 17.6 Å². The van der Waals surface area contributed by atoms with Crippen molar-refractivity contribution in [2.24, 2.45) is 5.92 Å². The van der Waals surface area contributed by atoms with E-state index in [1.165, 1.54) is 6.26 Å². The molecule has 1 aromatic rings. The molecule has 2 heterocycles. The summed E-state index contributed by atoms with van der Waals surface area (Å²) < 4.78 is 43.7. The summed E-state index contributed by atoms with van der Waals surface area (Å²) in [5, 5.41) is 3.27. The molecule has 120 valence electrons. The van der Waals surface area contributed by atoms with Gasteiger partial charge in [-0.25, -0.2) is 0 Å². The van der Waals surface area contributed by atoms with E-state index in [4.69, 9.17) is 4.42 Å². The second-order valence-electron chi connectivity index (χ2n) is 6.55. The van der Waals surface area contributed by atoms with E-state index < -0.39 is 12.1 Å². The molecule has 1 aromatic heterocycles. The molecule has 1 aliphatic heterocycles. The van der Waals surface area contributed by atoms with E-state index in [0.29, 0.717) is 25.2 Å². The Labute approximate surface area is 122 Å². The van der Waals surface area contributed by atoms with Crippen LogP contribution in [0.1, 0.15) is 39.3 Å². The molecule has 21 heavy (non-hydrogen) atoms. The fraction of sp³-hybridized carbons (Fsp3) is 0.786. The van der Waals surface area contributed by atoms with Gasteiger partial charge in [0.05, 0.1) is 11.6 Å². The molecule has 1 atom stereocenters. The largest absolute Gasteiger partial charge is 0.432 e. The second kappa shape index (κ2) is 5.87. The van der Waals surface area contributed by atoms with Crippen LogP contribution in [-0.2, 0) is 6.54 Å². The Morgan fingerprint density at radius 2 is 2.10 bits per heavy atom. The summed E-state index contributed by atoms with van der Waals surface area (Å²) in [6.07, 6.45) is -1.96. The first kappa shape index (κ1) is 16.1. The highest BCUT2D eigenvalue weighted by atomic mass is 19.4. The summed E-state index contributed by atoms with van der Waals surface area (Å²) in [7, 11) is 0. The predicted molar refractivity (Wildman–Crippen MR) is 74.1 cm³/mol. The van der Waals surface area contributed by atoms with Crippen molar-refractivity contribution in [1.82, 2.24) is 10.3 Å². The third-order valence-electron chi connectivity index (χ3n) is 3.49. The predicted octanol–water partition coefficient (Wildman–Crippen LogP) is 3.34. The van der Waals surface area contributed by atoms with Crippen molar-refractivity contribution in [2.75, 3.05) is 18.0 Å². The van der Waals surface area contributed by atoms with Crippen molar-refractivity contribution in [3.63, 3.8) is 0 Å². The number of aromatic nitrogens is 1. The summed E-state index contributed by atoms with van der Waals surface area (Å²) >= 11 is 0. The lowest BCUT2D eigenvalue weighted by Gasteiger charge is -2.32. The molecule has 0 radical (unpaired) electrons. The van der Waals surface area contributed by atoms with Crippen LogP contribution >= 0.6 is 0 Å². The molecule has 1 fully saturated rings. The van der Waals surface area contributed by atoms with Gasteiger partial charge in [0.1, 0.15) is 6.26 Å². The molecule has 1 aliphatic rings. The molecule has 0 aromatic carbocycles. The van der Waals surface area contributed by atoms with Gasteiger partial charge < -0.3 is 14.6 Å². The van der Waals surface area contributed by atoms with E-state index in [9.17, 15) is 13.2 Å². The fourth-order valence-corrected chi connectivity index (χ4v) is 2.30. The summed E-state index contributed by atoms with van der Waals surface area (Å²) in [6, 6.07) is 0.287. The Bertz CT molecular complexity index is 465. The Morgan fingerprint density at radius 1 is 1.38 bits per heavy atom. The highest BCUT2D eigenvalue weighted by Crippen LogP contribution is 2.34. The lowest BCUT2D eigenvalue weighted by Crippen LogP contribution is -2.42. The van der Waals surface area contributed by atoms with Gasteiger partial charge in [0.2, 0.25) is 0 Å². The molecule has 0 bridgehead atoms. The van der Waals surface area contributed by atoms with Crippen LogP contribution in [0.3, 0.4) is 0 Å². The number of nitrogens with zero attached hydrogens (tertiary/aromatic N) is 2. The van der Waals surface area contributed by atoms with Crippen molar-refractivity contribution in [2.45, 2.75) is 51.9 Å². The maximum absolute atomic E-state index is 12.8. The molecule has 1 unspecified atom stereocenters. The lowest BCUT2D eigenvalue weighted by molar-refractivity contribution is -0.176. The van der Waals surface area contributed by atoms with Crippen LogP contribution in [0.2, 0.25) is 0 Å². The zero-order valence-corrected chi connectivity index (χ0v) is 12.6. The minimum Gasteiger partial charge on any atom is -0.432 e. The Morgan fingerprint density at radius 3 is 2.71 bits per heavy atom. The minimum absolute atomic E-state index is 0.0500. The van der Waals surface area contributed by atoms with E-state index in [1.54, 1.807) is 4.90 Å². The summed E-state index contributed by atoms with van der Waals surface area (Å²) in [6.45, 7) is 7.12. The highest BCUT2D eigenvalue weighted by molar-refractivity contribution is 5.28. The Balaban J connectivity index is 1.97. The number of halogens is 3. The first-order valence-corrected chi connectivity index (χ1v) is 7.16. The molecular formula is C14H22F3N3O. The van der Waals surface area contributed by atoms with Crippen molar-refractivity contribution in [3.05, 3.63) is 12.0 Å². The SMILES string of the molecule is CC(C)(C)NCc1coc(N2CCCC(C(F)(F)F)C2)n1. The van der Waals surface area contributed by atoms with Gasteiger partial charge in [-0.2, -0.15) is 18.2 Å². The molecule has 1 saturated heterocycles. The van der Waals surface area contributed by atoms with Gasteiger partial charge in [-0.15, -0.1) is 0 Å². The molecule has 2 rings (SSSR count). The van der Waals surface area contributed by atoms with Crippen LogP contribution < -0.4 is 10.2 Å². The number of hydrogen-bond donors (Lipinski definition) is 1. The van der Waals surface area contributed by atoms with Crippen LogP contribution in [-0.4, -0.2) is 29.8 Å². The summed E-state index contributed by atoms with van der Waals surface area (Å²) in [4.78, 5) is 5.87. The second-order valence-corrected chi connectivity index (χ2v) is 6.55. The van der Waals surface area contributed by atoms with Crippen molar-refractivity contribution in [3.8, 4) is 0 Å². The average molecular weight is 305 g/mol. The van der Waals surface area contributed by atoms with Gasteiger partial charge in [0.15, 0.2) is 0 Å². The lowest BCUT2D eigenvalue weighted by atomic mass is 9.98. The number of piperidine rings is 1. The molecule has 4 nitrogen and oxygen atoms in total. The van der Waals surface area contributed by atoms with Crippen molar-refractivity contribution in [1.29, 1.82) is 0 Å². The van der Waals surface area contributed by atoms with E-state index in [1.807, 2.05) is 20.8 Å². The highest BCUT2D eigenvalue weighted by Gasteiger charge is 2.42. The smallest absolute Gasteiger partial charge is 0.393 e. The van der Waals surface area contributed by atoms with E-state index in [-0.39, 0.29) is 24.5 Å². The van der Waals surface area contributed by atoms with E-state index >= 15 is 0 Å². The quantitative estimate of drug-likeness (QED) is 0.930. The molecule has 7 heteroatoms. The Hall–Kier alpha value is -1.24. The van der Waals surface area contributed by atoms with Gasteiger partial charge in [-0.3, -0.25) is 0 Å².